The third kappa shape index (κ3) is 2.97. The number of carbonyl (C=O) groups is 1. The maximum absolute atomic E-state index is 14.0. The van der Waals surface area contributed by atoms with Gasteiger partial charge < -0.3 is 5.11 Å². The van der Waals surface area contributed by atoms with Crippen LogP contribution in [0.2, 0.25) is 0 Å². The molecule has 0 amide bonds. The van der Waals surface area contributed by atoms with E-state index in [0.29, 0.717) is 10.9 Å². The van der Waals surface area contributed by atoms with Crippen LogP contribution in [0.25, 0.3) is 5.69 Å². The minimum atomic E-state index is -0.970. The van der Waals surface area contributed by atoms with Gasteiger partial charge in [0.25, 0.3) is 0 Å². The number of hydrogen-bond acceptors (Lipinski definition) is 4. The molecular formula is C13H10FN3O2S. The number of nitriles is 1. The molecule has 0 saturated heterocycles. The Balaban J connectivity index is 2.42. The summed E-state index contributed by atoms with van der Waals surface area (Å²) in [6, 6.07) is 5.97. The number of rotatable bonds is 4. The first-order valence-electron chi connectivity index (χ1n) is 5.62. The van der Waals surface area contributed by atoms with Crippen LogP contribution in [0.3, 0.4) is 0 Å². The smallest absolute Gasteiger partial charge is 0.313 e. The van der Waals surface area contributed by atoms with Crippen molar-refractivity contribution in [3.05, 3.63) is 41.5 Å². The number of aromatic nitrogens is 2. The van der Waals surface area contributed by atoms with Gasteiger partial charge in [-0.05, 0) is 25.1 Å². The summed E-state index contributed by atoms with van der Waals surface area (Å²) < 4.78 is 15.5. The number of imidazole rings is 1. The molecule has 2 rings (SSSR count). The van der Waals surface area contributed by atoms with E-state index in [2.05, 4.69) is 4.98 Å². The van der Waals surface area contributed by atoms with Gasteiger partial charge in [-0.15, -0.1) is 0 Å². The van der Waals surface area contributed by atoms with Crippen molar-refractivity contribution in [1.29, 1.82) is 5.26 Å². The van der Waals surface area contributed by atoms with E-state index in [9.17, 15) is 9.18 Å². The fourth-order valence-corrected chi connectivity index (χ4v) is 2.40. The van der Waals surface area contributed by atoms with Crippen LogP contribution in [0.4, 0.5) is 4.39 Å². The van der Waals surface area contributed by atoms with Gasteiger partial charge in [0.05, 0.1) is 28.8 Å². The van der Waals surface area contributed by atoms with Crippen LogP contribution in [0.15, 0.2) is 29.6 Å². The molecule has 0 aliphatic rings. The lowest BCUT2D eigenvalue weighted by molar-refractivity contribution is -0.133. The minimum Gasteiger partial charge on any atom is -0.481 e. The Labute approximate surface area is 118 Å². The van der Waals surface area contributed by atoms with Crippen molar-refractivity contribution in [2.75, 3.05) is 5.75 Å². The molecule has 1 N–H and O–H groups in total. The maximum Gasteiger partial charge on any atom is 0.313 e. The predicted molar refractivity (Wildman–Crippen MR) is 71.3 cm³/mol. The third-order valence-electron chi connectivity index (χ3n) is 2.46. The Hall–Kier alpha value is -2.33. The van der Waals surface area contributed by atoms with Crippen molar-refractivity contribution in [3.63, 3.8) is 0 Å². The Morgan fingerprint density at radius 3 is 2.95 bits per heavy atom. The summed E-state index contributed by atoms with van der Waals surface area (Å²) in [4.78, 5) is 14.8. The minimum absolute atomic E-state index is 0.158. The zero-order valence-electron chi connectivity index (χ0n) is 10.5. The highest BCUT2D eigenvalue weighted by atomic mass is 32.2. The summed E-state index contributed by atoms with van der Waals surface area (Å²) in [6.07, 6.45) is 1.62. The Morgan fingerprint density at radius 2 is 2.35 bits per heavy atom. The average molecular weight is 291 g/mol. The third-order valence-corrected chi connectivity index (χ3v) is 3.39. The summed E-state index contributed by atoms with van der Waals surface area (Å²) in [5.41, 5.74) is 1.11. The second-order valence-corrected chi connectivity index (χ2v) is 4.94. The molecule has 20 heavy (non-hydrogen) atoms. The van der Waals surface area contributed by atoms with E-state index in [0.717, 1.165) is 17.8 Å². The highest BCUT2D eigenvalue weighted by Crippen LogP contribution is 2.24. The number of carboxylic acids is 1. The van der Waals surface area contributed by atoms with E-state index >= 15 is 0 Å². The molecule has 0 saturated carbocycles. The van der Waals surface area contributed by atoms with Gasteiger partial charge in [-0.3, -0.25) is 9.36 Å². The number of nitrogens with zero attached hydrogens (tertiary/aromatic N) is 3. The Bertz CT molecular complexity index is 706. The second kappa shape index (κ2) is 5.75. The lowest BCUT2D eigenvalue weighted by Gasteiger charge is -2.07. The summed E-state index contributed by atoms with van der Waals surface area (Å²) in [7, 11) is 0. The fraction of sp³-hybridized carbons (Fsp3) is 0.154. The van der Waals surface area contributed by atoms with Gasteiger partial charge in [-0.25, -0.2) is 9.37 Å². The van der Waals surface area contributed by atoms with Gasteiger partial charge in [-0.1, -0.05) is 11.8 Å². The largest absolute Gasteiger partial charge is 0.481 e. The molecular weight excluding hydrogens is 281 g/mol. The number of hydrogen-bond donors (Lipinski definition) is 1. The first-order valence-corrected chi connectivity index (χ1v) is 6.60. The highest BCUT2D eigenvalue weighted by molar-refractivity contribution is 7.99. The quantitative estimate of drug-likeness (QED) is 0.875. The standard InChI is InChI=1S/C13H10FN3O2S/c1-8-6-17(13(16-8)20-7-12(18)19)11-3-2-9(5-15)4-10(11)14/h2-4,6H,7H2,1H3,(H,18,19). The van der Waals surface area contributed by atoms with Crippen molar-refractivity contribution in [2.45, 2.75) is 12.1 Å². The first kappa shape index (κ1) is 14.1. The number of benzene rings is 1. The van der Waals surface area contributed by atoms with E-state index in [-0.39, 0.29) is 17.0 Å². The van der Waals surface area contributed by atoms with E-state index in [1.54, 1.807) is 13.1 Å². The molecule has 102 valence electrons. The van der Waals surface area contributed by atoms with Gasteiger partial charge in [0, 0.05) is 6.20 Å². The Morgan fingerprint density at radius 1 is 1.60 bits per heavy atom. The van der Waals surface area contributed by atoms with Crippen molar-refractivity contribution in [3.8, 4) is 11.8 Å². The number of aliphatic carboxylic acids is 1. The number of carboxylic acid groups (broad SMARTS) is 1. The SMILES string of the molecule is Cc1cn(-c2ccc(C#N)cc2F)c(SCC(=O)O)n1. The Kier molecular flexibility index (Phi) is 4.05. The average Bonchev–Trinajstić information content (AvgIpc) is 2.77. The zero-order valence-corrected chi connectivity index (χ0v) is 11.3. The lowest BCUT2D eigenvalue weighted by Crippen LogP contribution is -2.03. The van der Waals surface area contributed by atoms with Gasteiger partial charge in [-0.2, -0.15) is 5.26 Å². The zero-order chi connectivity index (χ0) is 14.7. The monoisotopic (exact) mass is 291 g/mol. The number of halogens is 1. The first-order chi connectivity index (χ1) is 9.51. The molecule has 0 spiro atoms. The van der Waals surface area contributed by atoms with E-state index in [4.69, 9.17) is 10.4 Å². The molecule has 0 aliphatic carbocycles. The molecule has 0 fully saturated rings. The second-order valence-electron chi connectivity index (χ2n) is 4.00. The van der Waals surface area contributed by atoms with Crippen LogP contribution in [-0.4, -0.2) is 26.4 Å². The van der Waals surface area contributed by atoms with Crippen molar-refractivity contribution in [1.82, 2.24) is 9.55 Å². The predicted octanol–water partition coefficient (Wildman–Crippen LogP) is 2.37. The van der Waals surface area contributed by atoms with Gasteiger partial charge in [0.2, 0.25) is 0 Å². The van der Waals surface area contributed by atoms with Crippen LogP contribution in [0.5, 0.6) is 0 Å². The molecule has 5 nitrogen and oxygen atoms in total. The molecule has 0 bridgehead atoms. The van der Waals surface area contributed by atoms with Crippen molar-refractivity contribution < 1.29 is 14.3 Å². The molecule has 2 aromatic rings. The van der Waals surface area contributed by atoms with Crippen molar-refractivity contribution >= 4 is 17.7 Å². The summed E-state index contributed by atoms with van der Waals surface area (Å²) in [6.45, 7) is 1.74. The summed E-state index contributed by atoms with van der Waals surface area (Å²) in [5, 5.41) is 17.8. The van der Waals surface area contributed by atoms with Crippen LogP contribution in [0, 0.1) is 24.1 Å². The summed E-state index contributed by atoms with van der Waals surface area (Å²) >= 11 is 1.01. The normalized spacial score (nSPS) is 10.2. The fourth-order valence-electron chi connectivity index (χ4n) is 1.65. The van der Waals surface area contributed by atoms with Gasteiger partial charge in [0.15, 0.2) is 5.16 Å². The van der Waals surface area contributed by atoms with E-state index in [1.165, 1.54) is 16.7 Å². The van der Waals surface area contributed by atoms with E-state index in [1.807, 2.05) is 6.07 Å². The molecule has 0 atom stereocenters. The van der Waals surface area contributed by atoms with Crippen molar-refractivity contribution in [2.24, 2.45) is 0 Å². The van der Waals surface area contributed by atoms with E-state index < -0.39 is 11.8 Å². The topological polar surface area (TPSA) is 78.9 Å². The molecule has 7 heteroatoms. The molecule has 1 aromatic heterocycles. The molecule has 1 heterocycles. The van der Waals surface area contributed by atoms with Crippen LogP contribution in [0.1, 0.15) is 11.3 Å². The molecule has 1 aromatic carbocycles. The highest BCUT2D eigenvalue weighted by Gasteiger charge is 2.13. The summed E-state index contributed by atoms with van der Waals surface area (Å²) in [5.74, 6) is -1.69. The number of thioether (sulfide) groups is 1. The molecule has 0 aliphatic heterocycles. The van der Waals surface area contributed by atoms with Crippen LogP contribution in [-0.2, 0) is 4.79 Å². The van der Waals surface area contributed by atoms with Gasteiger partial charge in [0.1, 0.15) is 5.82 Å². The number of aryl methyl sites for hydroxylation is 1. The molecule has 0 unspecified atom stereocenters. The van der Waals surface area contributed by atoms with Gasteiger partial charge >= 0.3 is 5.97 Å². The lowest BCUT2D eigenvalue weighted by atomic mass is 10.2. The van der Waals surface area contributed by atoms with Crippen LogP contribution >= 0.6 is 11.8 Å². The van der Waals surface area contributed by atoms with Crippen LogP contribution < -0.4 is 0 Å². The maximum atomic E-state index is 14.0. The molecule has 0 radical (unpaired) electrons.